The van der Waals surface area contributed by atoms with E-state index in [0.29, 0.717) is 36.3 Å². The van der Waals surface area contributed by atoms with E-state index in [9.17, 15) is 8.78 Å². The van der Waals surface area contributed by atoms with E-state index in [1.165, 1.54) is 0 Å². The first kappa shape index (κ1) is 21.3. The Balaban J connectivity index is 2.20. The van der Waals surface area contributed by atoms with Gasteiger partial charge in [0.15, 0.2) is 5.96 Å². The number of guanidine groups is 1. The maximum Gasteiger partial charge on any atom is 0.191 e. The molecule has 0 amide bonds. The van der Waals surface area contributed by atoms with Gasteiger partial charge in [0.05, 0.1) is 40.0 Å². The fourth-order valence-corrected chi connectivity index (χ4v) is 2.59. The third-order valence-electron chi connectivity index (χ3n) is 4.01. The molecule has 0 saturated carbocycles. The zero-order valence-electron chi connectivity index (χ0n) is 16.4. The number of ether oxygens (including phenoxy) is 3. The van der Waals surface area contributed by atoms with Gasteiger partial charge in [-0.3, -0.25) is 0 Å². The summed E-state index contributed by atoms with van der Waals surface area (Å²) in [6.45, 7) is 2.85. The molecular formula is C20H25F2N3O3. The highest BCUT2D eigenvalue weighted by atomic mass is 19.1. The zero-order valence-corrected chi connectivity index (χ0v) is 16.4. The molecule has 2 aromatic carbocycles. The van der Waals surface area contributed by atoms with Crippen LogP contribution in [0.25, 0.3) is 0 Å². The predicted octanol–water partition coefficient (Wildman–Crippen LogP) is 3.25. The van der Waals surface area contributed by atoms with Crippen LogP contribution in [-0.2, 0) is 13.1 Å². The lowest BCUT2D eigenvalue weighted by atomic mass is 10.1. The van der Waals surface area contributed by atoms with Gasteiger partial charge in [0.2, 0.25) is 0 Å². The van der Waals surface area contributed by atoms with Crippen molar-refractivity contribution < 1.29 is 23.0 Å². The molecule has 28 heavy (non-hydrogen) atoms. The smallest absolute Gasteiger partial charge is 0.191 e. The molecule has 0 radical (unpaired) electrons. The van der Waals surface area contributed by atoms with E-state index in [0.717, 1.165) is 23.8 Å². The number of nitrogens with zero attached hydrogens (tertiary/aromatic N) is 1. The maximum absolute atomic E-state index is 13.8. The van der Waals surface area contributed by atoms with Crippen molar-refractivity contribution >= 4 is 5.96 Å². The molecular weight excluding hydrogens is 368 g/mol. The van der Waals surface area contributed by atoms with Crippen molar-refractivity contribution in [1.82, 2.24) is 10.6 Å². The summed E-state index contributed by atoms with van der Waals surface area (Å²) in [6.07, 6.45) is 0. The molecule has 0 aliphatic rings. The number of aliphatic imine (C=N–C) groups is 1. The molecule has 0 aromatic heterocycles. The van der Waals surface area contributed by atoms with Crippen LogP contribution in [0.5, 0.6) is 17.2 Å². The van der Waals surface area contributed by atoms with E-state index in [-0.39, 0.29) is 12.1 Å². The number of methoxy groups -OCH3 is 3. The van der Waals surface area contributed by atoms with E-state index < -0.39 is 11.6 Å². The Morgan fingerprint density at radius 3 is 2.21 bits per heavy atom. The fourth-order valence-electron chi connectivity index (χ4n) is 2.59. The minimum Gasteiger partial charge on any atom is -0.496 e. The molecule has 0 atom stereocenters. The molecule has 0 aliphatic carbocycles. The lowest BCUT2D eigenvalue weighted by Gasteiger charge is -2.17. The number of hydrogen-bond acceptors (Lipinski definition) is 4. The number of hydrogen-bond donors (Lipinski definition) is 2. The summed E-state index contributed by atoms with van der Waals surface area (Å²) in [5.41, 5.74) is 0.949. The maximum atomic E-state index is 13.8. The van der Waals surface area contributed by atoms with Crippen LogP contribution in [0.15, 0.2) is 35.3 Å². The number of rotatable bonds is 8. The van der Waals surface area contributed by atoms with Gasteiger partial charge in [0.1, 0.15) is 28.9 Å². The van der Waals surface area contributed by atoms with E-state index in [1.54, 1.807) is 33.5 Å². The third-order valence-corrected chi connectivity index (χ3v) is 4.01. The average molecular weight is 393 g/mol. The van der Waals surface area contributed by atoms with Crippen molar-refractivity contribution in [1.29, 1.82) is 0 Å². The Kier molecular flexibility index (Phi) is 7.86. The van der Waals surface area contributed by atoms with Crippen LogP contribution in [-0.4, -0.2) is 33.8 Å². The largest absolute Gasteiger partial charge is 0.496 e. The van der Waals surface area contributed by atoms with Crippen LogP contribution < -0.4 is 24.8 Å². The van der Waals surface area contributed by atoms with E-state index in [1.807, 2.05) is 6.92 Å². The first-order valence-electron chi connectivity index (χ1n) is 8.77. The van der Waals surface area contributed by atoms with Crippen LogP contribution in [0.2, 0.25) is 0 Å². The van der Waals surface area contributed by atoms with Gasteiger partial charge < -0.3 is 24.8 Å². The summed E-state index contributed by atoms with van der Waals surface area (Å²) >= 11 is 0. The van der Waals surface area contributed by atoms with Crippen molar-refractivity contribution in [2.75, 3.05) is 27.9 Å². The van der Waals surface area contributed by atoms with Crippen molar-refractivity contribution in [2.45, 2.75) is 20.0 Å². The molecule has 2 aromatic rings. The lowest BCUT2D eigenvalue weighted by Crippen LogP contribution is -2.37. The minimum absolute atomic E-state index is 0.00416. The molecule has 8 heteroatoms. The highest BCUT2D eigenvalue weighted by Crippen LogP contribution is 2.33. The Bertz CT molecular complexity index is 803. The quantitative estimate of drug-likeness (QED) is 0.533. The standard InChI is InChI=1S/C20H25F2N3O3/c1-5-23-20(24-11-13-8-14(21)6-7-17(13)22)25-12-16-18(27-3)9-15(26-2)10-19(16)28-4/h6-10H,5,11-12H2,1-4H3,(H2,23,24,25). The summed E-state index contributed by atoms with van der Waals surface area (Å²) in [4.78, 5) is 4.33. The number of nitrogens with one attached hydrogen (secondary N) is 2. The normalized spacial score (nSPS) is 11.1. The molecule has 0 unspecified atom stereocenters. The van der Waals surface area contributed by atoms with Crippen LogP contribution in [0.4, 0.5) is 8.78 Å². The molecule has 0 fully saturated rings. The molecule has 2 rings (SSSR count). The molecule has 0 heterocycles. The van der Waals surface area contributed by atoms with Gasteiger partial charge in [0.25, 0.3) is 0 Å². The summed E-state index contributed by atoms with van der Waals surface area (Å²) < 4.78 is 43.2. The minimum atomic E-state index is -0.503. The van der Waals surface area contributed by atoms with Gasteiger partial charge in [-0.05, 0) is 25.1 Å². The topological polar surface area (TPSA) is 64.1 Å². The molecule has 0 spiro atoms. The van der Waals surface area contributed by atoms with Crippen molar-refractivity contribution in [3.63, 3.8) is 0 Å². The van der Waals surface area contributed by atoms with Crippen LogP contribution >= 0.6 is 0 Å². The monoisotopic (exact) mass is 393 g/mol. The van der Waals surface area contributed by atoms with Crippen LogP contribution in [0.1, 0.15) is 18.1 Å². The summed E-state index contributed by atoms with van der Waals surface area (Å²) in [5.74, 6) is 1.24. The molecule has 6 nitrogen and oxygen atoms in total. The Morgan fingerprint density at radius 1 is 0.964 bits per heavy atom. The summed E-state index contributed by atoms with van der Waals surface area (Å²) in [5, 5.41) is 6.22. The Morgan fingerprint density at radius 2 is 1.64 bits per heavy atom. The lowest BCUT2D eigenvalue weighted by molar-refractivity contribution is 0.368. The second-order valence-corrected chi connectivity index (χ2v) is 5.79. The van der Waals surface area contributed by atoms with Gasteiger partial charge in [0, 0.05) is 24.2 Å². The molecule has 0 bridgehead atoms. The SMILES string of the molecule is CCNC(=NCc1cc(F)ccc1F)NCc1c(OC)cc(OC)cc1OC. The molecule has 0 saturated heterocycles. The Labute approximate surface area is 163 Å². The predicted molar refractivity (Wildman–Crippen MR) is 104 cm³/mol. The number of benzene rings is 2. The van der Waals surface area contributed by atoms with Crippen molar-refractivity contribution in [3.05, 3.63) is 53.1 Å². The first-order chi connectivity index (χ1) is 13.5. The van der Waals surface area contributed by atoms with Crippen LogP contribution in [0, 0.1) is 11.6 Å². The molecule has 152 valence electrons. The Hall–Kier alpha value is -3.03. The molecule has 2 N–H and O–H groups in total. The van der Waals surface area contributed by atoms with E-state index in [4.69, 9.17) is 14.2 Å². The van der Waals surface area contributed by atoms with Crippen molar-refractivity contribution in [3.8, 4) is 17.2 Å². The van der Waals surface area contributed by atoms with Gasteiger partial charge >= 0.3 is 0 Å². The highest BCUT2D eigenvalue weighted by molar-refractivity contribution is 5.80. The third kappa shape index (κ3) is 5.48. The van der Waals surface area contributed by atoms with Crippen molar-refractivity contribution in [2.24, 2.45) is 4.99 Å². The zero-order chi connectivity index (χ0) is 20.5. The van der Waals surface area contributed by atoms with E-state index in [2.05, 4.69) is 15.6 Å². The van der Waals surface area contributed by atoms with Crippen LogP contribution in [0.3, 0.4) is 0 Å². The second kappa shape index (κ2) is 10.3. The van der Waals surface area contributed by atoms with Gasteiger partial charge in [-0.2, -0.15) is 0 Å². The van der Waals surface area contributed by atoms with Gasteiger partial charge in [-0.25, -0.2) is 13.8 Å². The number of halogens is 2. The summed E-state index contributed by atoms with van der Waals surface area (Å²) in [6, 6.07) is 6.82. The van der Waals surface area contributed by atoms with Gasteiger partial charge in [-0.1, -0.05) is 0 Å². The summed E-state index contributed by atoms with van der Waals surface area (Å²) in [7, 11) is 4.68. The average Bonchev–Trinajstić information content (AvgIpc) is 2.71. The van der Waals surface area contributed by atoms with E-state index >= 15 is 0 Å². The molecule has 0 aliphatic heterocycles. The fraction of sp³-hybridized carbons (Fsp3) is 0.350. The second-order valence-electron chi connectivity index (χ2n) is 5.79. The first-order valence-corrected chi connectivity index (χ1v) is 8.77. The van der Waals surface area contributed by atoms with Gasteiger partial charge in [-0.15, -0.1) is 0 Å². The highest BCUT2D eigenvalue weighted by Gasteiger charge is 2.14.